The monoisotopic (exact) mass is 366 g/mol. The molecule has 1 N–H and O–H groups in total. The van der Waals surface area contributed by atoms with Crippen LogP contribution in [0.1, 0.15) is 43.5 Å². The van der Waals surface area contributed by atoms with Gasteiger partial charge in [-0.15, -0.1) is 0 Å². The van der Waals surface area contributed by atoms with E-state index in [0.29, 0.717) is 36.8 Å². The van der Waals surface area contributed by atoms with Gasteiger partial charge in [-0.3, -0.25) is 9.59 Å². The van der Waals surface area contributed by atoms with E-state index in [1.165, 1.54) is 0 Å². The second kappa shape index (κ2) is 9.78. The Balaban J connectivity index is 1.80. The number of nitrogens with one attached hydrogen (secondary N) is 1. The lowest BCUT2D eigenvalue weighted by Gasteiger charge is -2.32. The van der Waals surface area contributed by atoms with Gasteiger partial charge < -0.3 is 15.0 Å². The molecule has 1 atom stereocenters. The first kappa shape index (κ1) is 19.7. The van der Waals surface area contributed by atoms with E-state index in [-0.39, 0.29) is 23.8 Å². The maximum Gasteiger partial charge on any atom is 0.253 e. The lowest BCUT2D eigenvalue weighted by Crippen LogP contribution is -2.45. The van der Waals surface area contributed by atoms with E-state index in [4.69, 9.17) is 16.3 Å². The average Bonchev–Trinajstić information content (AvgIpc) is 2.61. The molecule has 5 nitrogen and oxygen atoms in total. The Bertz CT molecular complexity index is 575. The molecule has 1 saturated heterocycles. The lowest BCUT2D eigenvalue weighted by atomic mass is 9.96. The smallest absolute Gasteiger partial charge is 0.253 e. The van der Waals surface area contributed by atoms with Crippen molar-refractivity contribution in [2.45, 2.75) is 39.2 Å². The van der Waals surface area contributed by atoms with E-state index in [9.17, 15) is 9.59 Å². The molecule has 1 aromatic carbocycles. The lowest BCUT2D eigenvalue weighted by molar-refractivity contribution is -0.126. The van der Waals surface area contributed by atoms with Gasteiger partial charge in [0, 0.05) is 36.8 Å². The average molecular weight is 367 g/mol. The first-order valence-electron chi connectivity index (χ1n) is 8.91. The number of piperidine rings is 1. The predicted molar refractivity (Wildman–Crippen MR) is 98.8 cm³/mol. The number of hydrogen-bond donors (Lipinski definition) is 1. The zero-order valence-electron chi connectivity index (χ0n) is 15.0. The molecule has 1 aliphatic heterocycles. The van der Waals surface area contributed by atoms with E-state index in [1.54, 1.807) is 29.2 Å². The standard InChI is InChI=1S/C19H27ClN2O3/c1-14(2)25-12-4-10-21-18(23)16-5-3-11-22(13-16)19(24)15-6-8-17(20)9-7-15/h6-9,14,16H,3-5,10-13H2,1-2H3,(H,21,23). The van der Waals surface area contributed by atoms with Crippen LogP contribution in [0.25, 0.3) is 0 Å². The first-order chi connectivity index (χ1) is 12.0. The predicted octanol–water partition coefficient (Wildman–Crippen LogP) is 3.12. The number of rotatable bonds is 7. The van der Waals surface area contributed by atoms with Crippen molar-refractivity contribution in [1.29, 1.82) is 0 Å². The Kier molecular flexibility index (Phi) is 7.72. The number of amides is 2. The van der Waals surface area contributed by atoms with Crippen molar-refractivity contribution in [3.05, 3.63) is 34.9 Å². The molecule has 6 heteroatoms. The zero-order chi connectivity index (χ0) is 18.2. The summed E-state index contributed by atoms with van der Waals surface area (Å²) in [7, 11) is 0. The zero-order valence-corrected chi connectivity index (χ0v) is 15.7. The summed E-state index contributed by atoms with van der Waals surface area (Å²) < 4.78 is 5.46. The Morgan fingerprint density at radius 1 is 1.32 bits per heavy atom. The number of nitrogens with zero attached hydrogens (tertiary/aromatic N) is 1. The first-order valence-corrected chi connectivity index (χ1v) is 9.29. The molecule has 1 aliphatic rings. The summed E-state index contributed by atoms with van der Waals surface area (Å²) >= 11 is 5.87. The van der Waals surface area contributed by atoms with E-state index >= 15 is 0 Å². The maximum absolute atomic E-state index is 12.6. The Morgan fingerprint density at radius 3 is 2.72 bits per heavy atom. The molecule has 0 aliphatic carbocycles. The van der Waals surface area contributed by atoms with Crippen molar-refractivity contribution in [3.63, 3.8) is 0 Å². The third-order valence-electron chi connectivity index (χ3n) is 4.24. The van der Waals surface area contributed by atoms with Crippen LogP contribution in [0.5, 0.6) is 0 Å². The van der Waals surface area contributed by atoms with Gasteiger partial charge in [0.1, 0.15) is 0 Å². The fourth-order valence-corrected chi connectivity index (χ4v) is 3.02. The van der Waals surface area contributed by atoms with Crippen molar-refractivity contribution >= 4 is 23.4 Å². The van der Waals surface area contributed by atoms with Gasteiger partial charge in [-0.25, -0.2) is 0 Å². The largest absolute Gasteiger partial charge is 0.379 e. The van der Waals surface area contributed by atoms with Gasteiger partial charge in [-0.1, -0.05) is 11.6 Å². The summed E-state index contributed by atoms with van der Waals surface area (Å²) in [5.41, 5.74) is 0.608. The molecule has 1 aromatic rings. The molecule has 0 saturated carbocycles. The molecule has 2 rings (SSSR count). The molecule has 2 amide bonds. The SMILES string of the molecule is CC(C)OCCCNC(=O)C1CCCN(C(=O)c2ccc(Cl)cc2)C1. The van der Waals surface area contributed by atoms with Crippen LogP contribution >= 0.6 is 11.6 Å². The third kappa shape index (κ3) is 6.33. The summed E-state index contributed by atoms with van der Waals surface area (Å²) in [5, 5.41) is 3.56. The second-order valence-electron chi connectivity index (χ2n) is 6.66. The Morgan fingerprint density at radius 2 is 2.04 bits per heavy atom. The van der Waals surface area contributed by atoms with Gasteiger partial charge in [0.05, 0.1) is 12.0 Å². The van der Waals surface area contributed by atoms with Gasteiger partial charge in [0.15, 0.2) is 0 Å². The highest BCUT2D eigenvalue weighted by Crippen LogP contribution is 2.19. The van der Waals surface area contributed by atoms with Crippen molar-refractivity contribution < 1.29 is 14.3 Å². The molecule has 1 fully saturated rings. The van der Waals surface area contributed by atoms with Crippen LogP contribution < -0.4 is 5.32 Å². The summed E-state index contributed by atoms with van der Waals surface area (Å²) in [6.45, 7) is 6.39. The van der Waals surface area contributed by atoms with Crippen LogP contribution in [0, 0.1) is 5.92 Å². The molecule has 0 aromatic heterocycles. The van der Waals surface area contributed by atoms with Crippen LogP contribution in [0.15, 0.2) is 24.3 Å². The fourth-order valence-electron chi connectivity index (χ4n) is 2.90. The van der Waals surface area contributed by atoms with Gasteiger partial charge in [-0.05, 0) is 57.4 Å². The molecule has 0 spiro atoms. The van der Waals surface area contributed by atoms with Crippen molar-refractivity contribution in [3.8, 4) is 0 Å². The van der Waals surface area contributed by atoms with Crippen molar-refractivity contribution in [2.75, 3.05) is 26.2 Å². The number of hydrogen-bond acceptors (Lipinski definition) is 3. The quantitative estimate of drug-likeness (QED) is 0.754. The summed E-state index contributed by atoms with van der Waals surface area (Å²) in [5.74, 6) is -0.159. The van der Waals surface area contributed by atoms with E-state index in [1.807, 2.05) is 13.8 Å². The number of likely N-dealkylation sites (tertiary alicyclic amines) is 1. The number of carbonyl (C=O) groups excluding carboxylic acids is 2. The molecule has 0 radical (unpaired) electrons. The number of benzene rings is 1. The number of carbonyl (C=O) groups is 2. The molecule has 0 bridgehead atoms. The van der Waals surface area contributed by atoms with Crippen LogP contribution in [-0.4, -0.2) is 49.1 Å². The van der Waals surface area contributed by atoms with Crippen LogP contribution in [-0.2, 0) is 9.53 Å². The summed E-state index contributed by atoms with van der Waals surface area (Å²) in [4.78, 5) is 26.7. The second-order valence-corrected chi connectivity index (χ2v) is 7.10. The molecular weight excluding hydrogens is 340 g/mol. The minimum Gasteiger partial charge on any atom is -0.379 e. The Hall–Kier alpha value is -1.59. The van der Waals surface area contributed by atoms with Crippen molar-refractivity contribution in [2.24, 2.45) is 5.92 Å². The number of ether oxygens (including phenoxy) is 1. The minimum atomic E-state index is -0.143. The van der Waals surface area contributed by atoms with E-state index < -0.39 is 0 Å². The fraction of sp³-hybridized carbons (Fsp3) is 0.579. The maximum atomic E-state index is 12.6. The minimum absolute atomic E-state index is 0.0261. The summed E-state index contributed by atoms with van der Waals surface area (Å²) in [6.07, 6.45) is 2.66. The molecule has 1 unspecified atom stereocenters. The van der Waals surface area contributed by atoms with E-state index in [0.717, 1.165) is 19.3 Å². The molecule has 25 heavy (non-hydrogen) atoms. The van der Waals surface area contributed by atoms with Gasteiger partial charge in [0.2, 0.25) is 5.91 Å². The highest BCUT2D eigenvalue weighted by Gasteiger charge is 2.28. The van der Waals surface area contributed by atoms with E-state index in [2.05, 4.69) is 5.32 Å². The summed E-state index contributed by atoms with van der Waals surface area (Å²) in [6, 6.07) is 6.87. The third-order valence-corrected chi connectivity index (χ3v) is 4.49. The highest BCUT2D eigenvalue weighted by atomic mass is 35.5. The normalized spacial score (nSPS) is 17.6. The molecule has 138 valence electrons. The Labute approximate surface area is 154 Å². The van der Waals surface area contributed by atoms with Gasteiger partial charge in [-0.2, -0.15) is 0 Å². The topological polar surface area (TPSA) is 58.6 Å². The van der Waals surface area contributed by atoms with Crippen LogP contribution in [0.2, 0.25) is 5.02 Å². The number of halogens is 1. The van der Waals surface area contributed by atoms with Crippen LogP contribution in [0.3, 0.4) is 0 Å². The van der Waals surface area contributed by atoms with Gasteiger partial charge >= 0.3 is 0 Å². The van der Waals surface area contributed by atoms with Crippen molar-refractivity contribution in [1.82, 2.24) is 10.2 Å². The molecular formula is C19H27ClN2O3. The van der Waals surface area contributed by atoms with Crippen LogP contribution in [0.4, 0.5) is 0 Å². The molecule has 1 heterocycles. The highest BCUT2D eigenvalue weighted by molar-refractivity contribution is 6.30. The van der Waals surface area contributed by atoms with Gasteiger partial charge in [0.25, 0.3) is 5.91 Å².